The van der Waals surface area contributed by atoms with Crippen molar-refractivity contribution in [3.63, 3.8) is 0 Å². The number of nitrogens with one attached hydrogen (secondary N) is 1. The normalized spacial score (nSPS) is 31.4. The molecule has 2 saturated carbocycles. The Morgan fingerprint density at radius 3 is 2.05 bits per heavy atom. The van der Waals surface area contributed by atoms with Crippen LogP contribution in [-0.2, 0) is 0 Å². The van der Waals surface area contributed by atoms with Crippen LogP contribution < -0.4 is 5.32 Å². The third-order valence-corrected chi connectivity index (χ3v) is 6.30. The molecule has 0 amide bonds. The number of hydrogen-bond donors (Lipinski definition) is 1. The molecular formula is C20H39N. The lowest BCUT2D eigenvalue weighted by atomic mass is 9.76. The van der Waals surface area contributed by atoms with Crippen LogP contribution in [0.15, 0.2) is 0 Å². The Morgan fingerprint density at radius 2 is 1.43 bits per heavy atom. The Labute approximate surface area is 133 Å². The zero-order valence-electron chi connectivity index (χ0n) is 15.1. The molecule has 0 aromatic heterocycles. The lowest BCUT2D eigenvalue weighted by Crippen LogP contribution is -2.40. The van der Waals surface area contributed by atoms with Crippen molar-refractivity contribution in [2.75, 3.05) is 0 Å². The molecule has 21 heavy (non-hydrogen) atoms. The Hall–Kier alpha value is -0.0400. The van der Waals surface area contributed by atoms with Gasteiger partial charge < -0.3 is 5.32 Å². The van der Waals surface area contributed by atoms with Crippen LogP contribution in [-0.4, -0.2) is 12.1 Å². The van der Waals surface area contributed by atoms with Crippen molar-refractivity contribution in [2.45, 2.75) is 110 Å². The maximum atomic E-state index is 4.03. The van der Waals surface area contributed by atoms with Crippen LogP contribution in [0.4, 0.5) is 0 Å². The predicted octanol–water partition coefficient (Wildman–Crippen LogP) is 5.93. The van der Waals surface area contributed by atoms with E-state index < -0.39 is 0 Å². The maximum Gasteiger partial charge on any atom is 0.00697 e. The van der Waals surface area contributed by atoms with Gasteiger partial charge in [-0.1, -0.05) is 52.9 Å². The lowest BCUT2D eigenvalue weighted by Gasteiger charge is -2.30. The van der Waals surface area contributed by atoms with Gasteiger partial charge >= 0.3 is 0 Å². The van der Waals surface area contributed by atoms with E-state index in [1.807, 2.05) is 0 Å². The molecule has 2 aliphatic carbocycles. The monoisotopic (exact) mass is 293 g/mol. The van der Waals surface area contributed by atoms with Crippen LogP contribution in [0, 0.1) is 17.3 Å². The van der Waals surface area contributed by atoms with Crippen molar-refractivity contribution < 1.29 is 0 Å². The van der Waals surface area contributed by atoms with Crippen molar-refractivity contribution in [1.29, 1.82) is 0 Å². The Morgan fingerprint density at radius 1 is 0.762 bits per heavy atom. The third kappa shape index (κ3) is 5.58. The van der Waals surface area contributed by atoms with Gasteiger partial charge in [-0.05, 0) is 62.7 Å². The standard InChI is InChI=1S/C20H39N/c1-16(17-10-7-5-6-8-11-17)21-19-13-9-12-18(14-15-19)20(2,3)4/h16-19,21H,5-15H2,1-4H3/t16-,18?,19?/m0/s1. The largest absolute Gasteiger partial charge is 0.311 e. The molecule has 2 rings (SSSR count). The van der Waals surface area contributed by atoms with E-state index in [0.29, 0.717) is 5.41 Å². The summed E-state index contributed by atoms with van der Waals surface area (Å²) < 4.78 is 0. The summed E-state index contributed by atoms with van der Waals surface area (Å²) in [7, 11) is 0. The Bertz CT molecular complexity index is 283. The second-order valence-electron chi connectivity index (χ2n) is 8.98. The van der Waals surface area contributed by atoms with Gasteiger partial charge in [0, 0.05) is 12.1 Å². The summed E-state index contributed by atoms with van der Waals surface area (Å²) in [6.07, 6.45) is 15.9. The highest BCUT2D eigenvalue weighted by Crippen LogP contribution is 2.37. The summed E-state index contributed by atoms with van der Waals surface area (Å²) in [5.41, 5.74) is 0.502. The average molecular weight is 294 g/mol. The van der Waals surface area contributed by atoms with Gasteiger partial charge in [-0.2, -0.15) is 0 Å². The second-order valence-corrected chi connectivity index (χ2v) is 8.98. The van der Waals surface area contributed by atoms with Crippen LogP contribution in [0.5, 0.6) is 0 Å². The molecule has 2 fully saturated rings. The zero-order valence-corrected chi connectivity index (χ0v) is 15.1. The molecule has 3 atom stereocenters. The maximum absolute atomic E-state index is 4.03. The van der Waals surface area contributed by atoms with Crippen molar-refractivity contribution >= 4 is 0 Å². The van der Waals surface area contributed by atoms with E-state index in [1.165, 1.54) is 70.6 Å². The lowest BCUT2D eigenvalue weighted by molar-refractivity contribution is 0.212. The minimum atomic E-state index is 0.502. The van der Waals surface area contributed by atoms with Crippen molar-refractivity contribution in [3.8, 4) is 0 Å². The first kappa shape index (κ1) is 17.3. The third-order valence-electron chi connectivity index (χ3n) is 6.30. The molecule has 0 heterocycles. The quantitative estimate of drug-likeness (QED) is 0.636. The molecule has 0 aromatic carbocycles. The molecule has 1 N–H and O–H groups in total. The van der Waals surface area contributed by atoms with Gasteiger partial charge in [0.25, 0.3) is 0 Å². The Balaban J connectivity index is 1.79. The number of rotatable bonds is 3. The fourth-order valence-corrected chi connectivity index (χ4v) is 4.65. The molecule has 0 radical (unpaired) electrons. The van der Waals surface area contributed by atoms with E-state index in [0.717, 1.165) is 23.9 Å². The van der Waals surface area contributed by atoms with Crippen molar-refractivity contribution in [3.05, 3.63) is 0 Å². The minimum absolute atomic E-state index is 0.502. The van der Waals surface area contributed by atoms with Gasteiger partial charge in [-0.3, -0.25) is 0 Å². The van der Waals surface area contributed by atoms with Gasteiger partial charge in [0.2, 0.25) is 0 Å². The van der Waals surface area contributed by atoms with Crippen molar-refractivity contribution in [1.82, 2.24) is 5.32 Å². The smallest absolute Gasteiger partial charge is 0.00697 e. The van der Waals surface area contributed by atoms with E-state index in [1.54, 1.807) is 0 Å². The fraction of sp³-hybridized carbons (Fsp3) is 1.00. The van der Waals surface area contributed by atoms with Crippen LogP contribution in [0.25, 0.3) is 0 Å². The summed E-state index contributed by atoms with van der Waals surface area (Å²) >= 11 is 0. The molecule has 2 unspecified atom stereocenters. The van der Waals surface area contributed by atoms with E-state index in [9.17, 15) is 0 Å². The molecule has 0 aliphatic heterocycles. The summed E-state index contributed by atoms with van der Waals surface area (Å²) in [5, 5.41) is 4.03. The molecule has 0 bridgehead atoms. The molecule has 1 heteroatoms. The fourth-order valence-electron chi connectivity index (χ4n) is 4.65. The highest BCUT2D eigenvalue weighted by Gasteiger charge is 2.29. The topological polar surface area (TPSA) is 12.0 Å². The van der Waals surface area contributed by atoms with Gasteiger partial charge in [0.15, 0.2) is 0 Å². The first-order chi connectivity index (χ1) is 9.97. The second kappa shape index (κ2) is 7.99. The van der Waals surface area contributed by atoms with Crippen molar-refractivity contribution in [2.24, 2.45) is 17.3 Å². The average Bonchev–Trinajstić information content (AvgIpc) is 2.79. The van der Waals surface area contributed by atoms with Gasteiger partial charge in [-0.25, -0.2) is 0 Å². The summed E-state index contributed by atoms with van der Waals surface area (Å²) in [4.78, 5) is 0. The van der Waals surface area contributed by atoms with Crippen LogP contribution in [0.2, 0.25) is 0 Å². The highest BCUT2D eigenvalue weighted by atomic mass is 14.9. The van der Waals surface area contributed by atoms with E-state index in [-0.39, 0.29) is 0 Å². The van der Waals surface area contributed by atoms with Gasteiger partial charge in [-0.15, -0.1) is 0 Å². The number of hydrogen-bond acceptors (Lipinski definition) is 1. The Kier molecular flexibility index (Phi) is 6.59. The van der Waals surface area contributed by atoms with Gasteiger partial charge in [0.05, 0.1) is 0 Å². The molecule has 1 nitrogen and oxygen atoms in total. The van der Waals surface area contributed by atoms with E-state index in [4.69, 9.17) is 0 Å². The summed E-state index contributed by atoms with van der Waals surface area (Å²) in [5.74, 6) is 1.87. The van der Waals surface area contributed by atoms with Crippen LogP contribution in [0.1, 0.15) is 98.3 Å². The van der Waals surface area contributed by atoms with Crippen LogP contribution in [0.3, 0.4) is 0 Å². The molecule has 124 valence electrons. The first-order valence-electron chi connectivity index (χ1n) is 9.73. The van der Waals surface area contributed by atoms with E-state index >= 15 is 0 Å². The molecular weight excluding hydrogens is 254 g/mol. The molecule has 2 aliphatic rings. The minimum Gasteiger partial charge on any atom is -0.311 e. The van der Waals surface area contributed by atoms with Crippen LogP contribution >= 0.6 is 0 Å². The molecule has 0 spiro atoms. The molecule has 0 aromatic rings. The zero-order chi connectivity index (χ0) is 15.3. The highest BCUT2D eigenvalue weighted by molar-refractivity contribution is 4.84. The first-order valence-corrected chi connectivity index (χ1v) is 9.73. The van der Waals surface area contributed by atoms with E-state index in [2.05, 4.69) is 33.0 Å². The molecule has 0 saturated heterocycles. The summed E-state index contributed by atoms with van der Waals surface area (Å²) in [6.45, 7) is 9.75. The predicted molar refractivity (Wildman–Crippen MR) is 93.6 cm³/mol. The van der Waals surface area contributed by atoms with Gasteiger partial charge in [0.1, 0.15) is 0 Å². The summed E-state index contributed by atoms with van der Waals surface area (Å²) in [6, 6.07) is 1.52. The SMILES string of the molecule is C[C@H](NC1CCCC(C(C)(C)C)CC1)C1CCCCCC1.